The van der Waals surface area contributed by atoms with Crippen molar-refractivity contribution < 1.29 is 4.70 Å². The van der Waals surface area contributed by atoms with Gasteiger partial charge in [-0.15, -0.1) is 0 Å². The van der Waals surface area contributed by atoms with Gasteiger partial charge in [-0.25, -0.2) is 4.70 Å². The summed E-state index contributed by atoms with van der Waals surface area (Å²) < 4.78 is 1.74. The average molecular weight is 849 g/mol. The first kappa shape index (κ1) is 53.9. The molecular weight excluding hydrogens is 749 g/mol. The molecule has 0 bridgehead atoms. The lowest BCUT2D eigenvalue weighted by Crippen LogP contribution is -2.09. The number of hydrogen-bond donors (Lipinski definition) is 0. The van der Waals surface area contributed by atoms with E-state index >= 15 is 0 Å². The second-order valence-electron chi connectivity index (χ2n) is 19.5. The van der Waals surface area contributed by atoms with Crippen LogP contribution in [0.4, 0.5) is 0 Å². The molecule has 0 amide bonds. The number of nitrogens with zero attached hydrogens (tertiary/aromatic N) is 2. The molecule has 350 valence electrons. The number of unbranched alkanes of at least 4 members (excludes halogenated alkanes) is 21. The van der Waals surface area contributed by atoms with Crippen molar-refractivity contribution >= 4 is 11.4 Å². The molecule has 3 rings (SSSR count). The van der Waals surface area contributed by atoms with Crippen molar-refractivity contribution in [1.82, 2.24) is 0 Å². The average Bonchev–Trinajstić information content (AvgIpc) is 3.56. The third kappa shape index (κ3) is 17.8. The van der Waals surface area contributed by atoms with Crippen LogP contribution in [-0.2, 0) is 38.5 Å². The summed E-state index contributed by atoms with van der Waals surface area (Å²) in [6.45, 7) is 18.7. The van der Waals surface area contributed by atoms with Gasteiger partial charge < -0.3 is 5.53 Å². The van der Waals surface area contributed by atoms with Gasteiger partial charge in [0.05, 0.1) is 0 Å². The highest BCUT2D eigenvalue weighted by Gasteiger charge is 2.36. The number of benzene rings is 2. The molecule has 0 radical (unpaired) electrons. The molecule has 0 atom stereocenters. The summed E-state index contributed by atoms with van der Waals surface area (Å²) in [5.74, 6) is 0. The maximum Gasteiger partial charge on any atom is 0.211 e. The second kappa shape index (κ2) is 33.1. The molecule has 62 heavy (non-hydrogen) atoms. The van der Waals surface area contributed by atoms with Gasteiger partial charge in [0.1, 0.15) is 0 Å². The Balaban J connectivity index is 2.29. The highest BCUT2D eigenvalue weighted by atomic mass is 15.2. The fourth-order valence-corrected chi connectivity index (χ4v) is 10.5. The molecule has 1 aliphatic rings. The molecule has 0 saturated carbocycles. The highest BCUT2D eigenvalue weighted by Crippen LogP contribution is 2.46. The summed E-state index contributed by atoms with van der Waals surface area (Å²) in [5.41, 5.74) is 30.2. The zero-order valence-corrected chi connectivity index (χ0v) is 42.7. The largest absolute Gasteiger partial charge is 0.493 e. The van der Waals surface area contributed by atoms with E-state index in [1.54, 1.807) is 38.1 Å². The van der Waals surface area contributed by atoms with Crippen molar-refractivity contribution in [3.05, 3.63) is 85.5 Å². The zero-order valence-electron chi connectivity index (χ0n) is 42.7. The predicted octanol–water partition coefficient (Wildman–Crippen LogP) is 20.0. The molecule has 0 fully saturated rings. The Morgan fingerprint density at radius 3 is 0.839 bits per heavy atom. The van der Waals surface area contributed by atoms with E-state index in [-0.39, 0.29) is 0 Å². The predicted molar refractivity (Wildman–Crippen MR) is 276 cm³/mol. The van der Waals surface area contributed by atoms with Gasteiger partial charge in [-0.1, -0.05) is 190 Å². The number of rotatable bonds is 38. The van der Waals surface area contributed by atoms with Crippen LogP contribution in [0.15, 0.2) is 35.4 Å². The SMILES string of the molecule is CCCCCCC1=C(c2cc(CCCCCC)c(CCCCCC)c(CCCCCC)c2)[N+](=[N-])C(c2cc(CCCCCC)c(CCCCCC)c(CCCCCC)c2)=C1CC. The number of hydrogen-bond acceptors (Lipinski definition) is 0. The molecule has 0 aromatic heterocycles. The van der Waals surface area contributed by atoms with Crippen molar-refractivity contribution in [2.75, 3.05) is 0 Å². The third-order valence-electron chi connectivity index (χ3n) is 14.2. The van der Waals surface area contributed by atoms with Crippen LogP contribution >= 0.6 is 0 Å². The molecule has 1 aliphatic heterocycles. The zero-order chi connectivity index (χ0) is 44.8. The first-order valence-corrected chi connectivity index (χ1v) is 27.7. The first-order valence-electron chi connectivity index (χ1n) is 27.7. The standard InChI is InChI=1S/C60H100N2/c1-9-17-24-31-38-49-45-53(46-50(39-32-25-18-10-2)56(49)42-35-28-21-13-5)59-55(16-8)58(44-37-30-23-15-7)60(62(59)61)54-47-51(40-33-26-19-11-3)57(43-36-29-22-14-6)52(48-54)41-34-27-20-12-4/h45-48H,9-44H2,1-8H3. The van der Waals surface area contributed by atoms with Gasteiger partial charge in [0.2, 0.25) is 11.4 Å². The molecular formula is C60H100N2. The molecule has 0 aliphatic carbocycles. The van der Waals surface area contributed by atoms with Crippen LogP contribution in [0.5, 0.6) is 0 Å². The summed E-state index contributed by atoms with van der Waals surface area (Å²) in [6.07, 6.45) is 45.1. The van der Waals surface area contributed by atoms with Crippen LogP contribution in [0, 0.1) is 0 Å². The maximum atomic E-state index is 13.0. The van der Waals surface area contributed by atoms with Gasteiger partial charge >= 0.3 is 0 Å². The molecule has 0 spiro atoms. The molecule has 2 nitrogen and oxygen atoms in total. The van der Waals surface area contributed by atoms with Crippen molar-refractivity contribution in [1.29, 1.82) is 0 Å². The van der Waals surface area contributed by atoms with E-state index in [0.29, 0.717) is 0 Å². The number of allylic oxidation sites excluding steroid dienone is 2. The van der Waals surface area contributed by atoms with E-state index in [4.69, 9.17) is 0 Å². The Bertz CT molecular complexity index is 1540. The van der Waals surface area contributed by atoms with Gasteiger partial charge in [-0.2, -0.15) is 0 Å². The lowest BCUT2D eigenvalue weighted by Gasteiger charge is -2.20. The van der Waals surface area contributed by atoms with Crippen LogP contribution in [0.1, 0.15) is 293 Å². The Morgan fingerprint density at radius 1 is 0.306 bits per heavy atom. The van der Waals surface area contributed by atoms with Gasteiger partial charge in [-0.05, 0) is 154 Å². The Labute approximate surface area is 386 Å². The molecule has 2 aromatic rings. The van der Waals surface area contributed by atoms with Crippen LogP contribution in [0.25, 0.3) is 16.9 Å². The molecule has 0 unspecified atom stereocenters. The third-order valence-corrected chi connectivity index (χ3v) is 14.2. The van der Waals surface area contributed by atoms with E-state index < -0.39 is 0 Å². The maximum absolute atomic E-state index is 13.0. The van der Waals surface area contributed by atoms with Crippen molar-refractivity contribution in [2.24, 2.45) is 0 Å². The van der Waals surface area contributed by atoms with E-state index in [9.17, 15) is 5.53 Å². The Kier molecular flexibility index (Phi) is 28.7. The van der Waals surface area contributed by atoms with Crippen LogP contribution in [-0.4, -0.2) is 4.70 Å². The molecule has 0 N–H and O–H groups in total. The summed E-state index contributed by atoms with van der Waals surface area (Å²) in [4.78, 5) is 0. The smallest absolute Gasteiger partial charge is 0.211 e. The normalized spacial score (nSPS) is 13.1. The Hall–Kier alpha value is -2.48. The summed E-state index contributed by atoms with van der Waals surface area (Å²) in [6, 6.07) is 10.3. The van der Waals surface area contributed by atoms with E-state index in [0.717, 1.165) is 49.9 Å². The summed E-state index contributed by atoms with van der Waals surface area (Å²) in [5, 5.41) is 0. The topological polar surface area (TPSA) is 25.3 Å². The van der Waals surface area contributed by atoms with Crippen LogP contribution in [0.2, 0.25) is 0 Å². The second-order valence-corrected chi connectivity index (χ2v) is 19.5. The Morgan fingerprint density at radius 2 is 0.565 bits per heavy atom. The monoisotopic (exact) mass is 849 g/mol. The lowest BCUT2D eigenvalue weighted by atomic mass is 9.86. The number of aryl methyl sites for hydroxylation is 4. The molecule has 2 aromatic carbocycles. The van der Waals surface area contributed by atoms with E-state index in [1.807, 2.05) is 0 Å². The highest BCUT2D eigenvalue weighted by molar-refractivity contribution is 5.83. The van der Waals surface area contributed by atoms with Gasteiger partial charge in [0, 0.05) is 22.3 Å². The summed E-state index contributed by atoms with van der Waals surface area (Å²) in [7, 11) is 0. The van der Waals surface area contributed by atoms with Gasteiger partial charge in [0.25, 0.3) is 0 Å². The van der Waals surface area contributed by atoms with Gasteiger partial charge in [-0.3, -0.25) is 0 Å². The van der Waals surface area contributed by atoms with Crippen molar-refractivity contribution in [2.45, 2.75) is 287 Å². The fourth-order valence-electron chi connectivity index (χ4n) is 10.5. The molecule has 1 heterocycles. The summed E-state index contributed by atoms with van der Waals surface area (Å²) >= 11 is 0. The fraction of sp³-hybridized carbons (Fsp3) is 0.733. The minimum Gasteiger partial charge on any atom is -0.493 e. The minimum absolute atomic E-state index is 0.943. The lowest BCUT2D eigenvalue weighted by molar-refractivity contribution is -0.345. The van der Waals surface area contributed by atoms with Crippen LogP contribution in [0.3, 0.4) is 0 Å². The van der Waals surface area contributed by atoms with E-state index in [2.05, 4.69) is 79.7 Å². The minimum atomic E-state index is 0.943. The van der Waals surface area contributed by atoms with E-state index in [1.165, 1.54) is 215 Å². The van der Waals surface area contributed by atoms with Gasteiger partial charge in [0.15, 0.2) is 0 Å². The van der Waals surface area contributed by atoms with Crippen molar-refractivity contribution in [3.63, 3.8) is 0 Å². The first-order chi connectivity index (χ1) is 30.4. The van der Waals surface area contributed by atoms with Crippen LogP contribution < -0.4 is 0 Å². The molecule has 2 heteroatoms. The van der Waals surface area contributed by atoms with Crippen molar-refractivity contribution in [3.8, 4) is 0 Å². The molecule has 0 saturated heterocycles. The quantitative estimate of drug-likeness (QED) is 0.0475.